The summed E-state index contributed by atoms with van der Waals surface area (Å²) in [7, 11) is -2.85. The molecule has 0 aliphatic heterocycles. The largest absolute Gasteiger partial charge is 0.488 e. The standard InChI is InChI=1S/C31H21N.C18H14BNO2.C13H11BO2/c1-2-9-25(10-3-1)32-30-13-7-6-12-27(30)29-20-22(16-17-31(29)32)21-14-15-24-18-23-8-4-5-11-26(23)28(24)19-21;21-19(22)13-10-11-18-16(12-13)15-8-4-5-9-17(15)20(18)14-6-2-1-3-7-14;15-14(16)11-6-5-10-7-9-3-1-2-4-12(9)13(10)8-11/h1-17,19-20H,18H2;1-12,21-22H;1-6,8,15-16H,7H2. The number of nitrogens with zero attached hydrogens (tertiary/aromatic N) is 2. The summed E-state index contributed by atoms with van der Waals surface area (Å²) in [5.41, 5.74) is 21.0. The SMILES string of the molecule is OB(O)c1ccc2c(c1)-c1ccccc1C2.OB(O)c1ccc2c(c1)c1ccccc1n2-c1ccccc1.c1ccc(-n2c3ccccc3c3cc(-c4ccc5c(c4)-c4ccccc4C5)ccc32)cc1. The van der Waals surface area contributed by atoms with E-state index in [1.807, 2.05) is 66.7 Å². The lowest BCUT2D eigenvalue weighted by Gasteiger charge is -2.09. The maximum atomic E-state index is 9.43. The van der Waals surface area contributed by atoms with Crippen molar-refractivity contribution in [1.29, 1.82) is 0 Å². The van der Waals surface area contributed by atoms with Gasteiger partial charge in [-0.25, -0.2) is 0 Å². The molecule has 2 aliphatic carbocycles. The summed E-state index contributed by atoms with van der Waals surface area (Å²) in [6.07, 6.45) is 1.97. The second kappa shape index (κ2) is 18.0. The van der Waals surface area contributed by atoms with E-state index in [1.54, 1.807) is 12.1 Å². The van der Waals surface area contributed by atoms with Gasteiger partial charge in [0.05, 0.1) is 22.1 Å². The van der Waals surface area contributed by atoms with E-state index >= 15 is 0 Å². The summed E-state index contributed by atoms with van der Waals surface area (Å²) in [5, 5.41) is 41.9. The first-order chi connectivity index (χ1) is 34.4. The Balaban J connectivity index is 0.000000116. The first kappa shape index (κ1) is 43.1. The molecule has 0 spiro atoms. The number of para-hydroxylation sites is 4. The average Bonchev–Trinajstić information content (AvgIpc) is 4.16. The van der Waals surface area contributed by atoms with Gasteiger partial charge in [-0.2, -0.15) is 0 Å². The highest BCUT2D eigenvalue weighted by Crippen LogP contribution is 2.41. The van der Waals surface area contributed by atoms with E-state index < -0.39 is 14.2 Å². The molecule has 14 rings (SSSR count). The highest BCUT2D eigenvalue weighted by Gasteiger charge is 2.22. The molecule has 0 atom stereocenters. The van der Waals surface area contributed by atoms with Crippen molar-refractivity contribution >= 4 is 68.8 Å². The Morgan fingerprint density at radius 2 is 0.671 bits per heavy atom. The Labute approximate surface area is 406 Å². The predicted octanol–water partition coefficient (Wildman–Crippen LogP) is 11.4. The van der Waals surface area contributed by atoms with Crippen LogP contribution < -0.4 is 10.9 Å². The Hall–Kier alpha value is -8.23. The minimum atomic E-state index is -1.46. The molecule has 10 aromatic carbocycles. The van der Waals surface area contributed by atoms with Crippen LogP contribution >= 0.6 is 0 Å². The summed E-state index contributed by atoms with van der Waals surface area (Å²) < 4.78 is 4.56. The van der Waals surface area contributed by atoms with Crippen LogP contribution in [0, 0.1) is 0 Å². The van der Waals surface area contributed by atoms with Gasteiger partial charge in [-0.05, 0) is 140 Å². The monoisotopic (exact) mass is 904 g/mol. The van der Waals surface area contributed by atoms with Crippen LogP contribution in [0.5, 0.6) is 0 Å². The normalized spacial score (nSPS) is 11.9. The van der Waals surface area contributed by atoms with Crippen LogP contribution in [0.25, 0.3) is 88.4 Å². The van der Waals surface area contributed by atoms with E-state index in [4.69, 9.17) is 10.0 Å². The smallest absolute Gasteiger partial charge is 0.423 e. The van der Waals surface area contributed by atoms with E-state index in [2.05, 4.69) is 161 Å². The van der Waals surface area contributed by atoms with Crippen molar-refractivity contribution in [2.45, 2.75) is 12.8 Å². The molecular formula is C62H46B2N2O4. The third-order valence-electron chi connectivity index (χ3n) is 13.9. The van der Waals surface area contributed by atoms with E-state index in [9.17, 15) is 10.0 Å². The van der Waals surface area contributed by atoms with Crippen LogP contribution in [-0.2, 0) is 12.8 Å². The van der Waals surface area contributed by atoms with Crippen molar-refractivity contribution in [3.8, 4) is 44.8 Å². The highest BCUT2D eigenvalue weighted by atomic mass is 16.4. The Bertz CT molecular complexity index is 3920. The summed E-state index contributed by atoms with van der Waals surface area (Å²) in [4.78, 5) is 0. The van der Waals surface area contributed by atoms with Gasteiger partial charge in [-0.15, -0.1) is 0 Å². The van der Waals surface area contributed by atoms with E-state index in [0.717, 1.165) is 45.9 Å². The molecule has 0 unspecified atom stereocenters. The zero-order chi connectivity index (χ0) is 47.3. The first-order valence-corrected chi connectivity index (χ1v) is 23.7. The van der Waals surface area contributed by atoms with Gasteiger partial charge in [0.2, 0.25) is 0 Å². The number of hydrogen-bond donors (Lipinski definition) is 4. The van der Waals surface area contributed by atoms with Crippen molar-refractivity contribution in [2.75, 3.05) is 0 Å². The minimum absolute atomic E-state index is 0.503. The van der Waals surface area contributed by atoms with Gasteiger partial charge < -0.3 is 29.2 Å². The molecule has 70 heavy (non-hydrogen) atoms. The fourth-order valence-corrected chi connectivity index (χ4v) is 10.6. The molecule has 8 heteroatoms. The summed E-state index contributed by atoms with van der Waals surface area (Å²) in [5.74, 6) is 0. The molecular weight excluding hydrogens is 858 g/mol. The second-order valence-corrected chi connectivity index (χ2v) is 18.1. The molecule has 4 N–H and O–H groups in total. The first-order valence-electron chi connectivity index (χ1n) is 23.7. The van der Waals surface area contributed by atoms with Crippen LogP contribution in [0.3, 0.4) is 0 Å². The van der Waals surface area contributed by atoms with E-state index in [1.165, 1.54) is 77.6 Å². The number of fused-ring (bicyclic) bond motifs is 12. The highest BCUT2D eigenvalue weighted by molar-refractivity contribution is 6.59. The average molecular weight is 905 g/mol. The van der Waals surface area contributed by atoms with E-state index in [-0.39, 0.29) is 0 Å². The fourth-order valence-electron chi connectivity index (χ4n) is 10.6. The molecule has 2 aliphatic rings. The maximum Gasteiger partial charge on any atom is 0.488 e. The van der Waals surface area contributed by atoms with Gasteiger partial charge in [-0.1, -0.05) is 170 Å². The lowest BCUT2D eigenvalue weighted by Crippen LogP contribution is -2.29. The second-order valence-electron chi connectivity index (χ2n) is 18.1. The van der Waals surface area contributed by atoms with Crippen LogP contribution in [-0.4, -0.2) is 43.5 Å². The Kier molecular flexibility index (Phi) is 11.1. The molecule has 2 aromatic heterocycles. The number of hydrogen-bond acceptors (Lipinski definition) is 4. The molecule has 0 saturated heterocycles. The topological polar surface area (TPSA) is 90.8 Å². The van der Waals surface area contributed by atoms with Crippen LogP contribution in [0.2, 0.25) is 0 Å². The zero-order valence-electron chi connectivity index (χ0n) is 38.2. The Morgan fingerprint density at radius 3 is 1.24 bits per heavy atom. The molecule has 0 bridgehead atoms. The molecule has 0 saturated carbocycles. The number of benzene rings is 10. The minimum Gasteiger partial charge on any atom is -0.423 e. The Morgan fingerprint density at radius 1 is 0.286 bits per heavy atom. The summed E-state index contributed by atoms with van der Waals surface area (Å²) in [6, 6.07) is 79.7. The maximum absolute atomic E-state index is 9.43. The lowest BCUT2D eigenvalue weighted by molar-refractivity contribution is 0.424. The van der Waals surface area contributed by atoms with Gasteiger partial charge in [0.15, 0.2) is 0 Å². The van der Waals surface area contributed by atoms with Crippen molar-refractivity contribution in [3.63, 3.8) is 0 Å². The van der Waals surface area contributed by atoms with E-state index in [0.29, 0.717) is 10.9 Å². The van der Waals surface area contributed by atoms with Gasteiger partial charge in [0.1, 0.15) is 0 Å². The van der Waals surface area contributed by atoms with Crippen LogP contribution in [0.15, 0.2) is 231 Å². The number of rotatable bonds is 5. The van der Waals surface area contributed by atoms with Gasteiger partial charge in [0, 0.05) is 32.9 Å². The molecule has 6 nitrogen and oxygen atoms in total. The third kappa shape index (κ3) is 7.70. The fraction of sp³-hybridized carbons (Fsp3) is 0.0323. The van der Waals surface area contributed by atoms with Crippen molar-refractivity contribution in [1.82, 2.24) is 9.13 Å². The molecule has 12 aromatic rings. The van der Waals surface area contributed by atoms with Crippen LogP contribution in [0.4, 0.5) is 0 Å². The molecule has 0 amide bonds. The van der Waals surface area contributed by atoms with Crippen molar-refractivity contribution in [2.24, 2.45) is 0 Å². The molecule has 0 fully saturated rings. The van der Waals surface area contributed by atoms with Crippen molar-refractivity contribution in [3.05, 3.63) is 253 Å². The van der Waals surface area contributed by atoms with Gasteiger partial charge in [0.25, 0.3) is 0 Å². The van der Waals surface area contributed by atoms with Crippen molar-refractivity contribution < 1.29 is 20.1 Å². The summed E-state index contributed by atoms with van der Waals surface area (Å²) in [6.45, 7) is 0. The molecule has 0 radical (unpaired) electrons. The zero-order valence-corrected chi connectivity index (χ0v) is 38.2. The quantitative estimate of drug-likeness (QED) is 0.130. The predicted molar refractivity (Wildman–Crippen MR) is 290 cm³/mol. The number of aromatic nitrogens is 2. The summed E-state index contributed by atoms with van der Waals surface area (Å²) >= 11 is 0. The van der Waals surface area contributed by atoms with Crippen LogP contribution in [0.1, 0.15) is 22.3 Å². The lowest BCUT2D eigenvalue weighted by atomic mass is 9.79. The molecule has 334 valence electrons. The third-order valence-corrected chi connectivity index (χ3v) is 13.9. The van der Waals surface area contributed by atoms with Gasteiger partial charge >= 0.3 is 14.2 Å². The molecule has 2 heterocycles. The van der Waals surface area contributed by atoms with Gasteiger partial charge in [-0.3, -0.25) is 0 Å².